The Hall–Kier alpha value is -3.68. The summed E-state index contributed by atoms with van der Waals surface area (Å²) in [5.74, 6) is 2.54. The molecule has 1 aliphatic heterocycles. The van der Waals surface area contributed by atoms with Gasteiger partial charge in [0.2, 0.25) is 0 Å². The molecule has 0 saturated carbocycles. The zero-order chi connectivity index (χ0) is 18.1. The van der Waals surface area contributed by atoms with E-state index in [9.17, 15) is 0 Å². The summed E-state index contributed by atoms with van der Waals surface area (Å²) in [6.45, 7) is 2.10. The van der Waals surface area contributed by atoms with Gasteiger partial charge >= 0.3 is 0 Å². The highest BCUT2D eigenvalue weighted by Gasteiger charge is 2.11. The highest BCUT2D eigenvalue weighted by Crippen LogP contribution is 2.24. The fraction of sp³-hybridized carbons (Fsp3) is 0.158. The van der Waals surface area contributed by atoms with Crippen molar-refractivity contribution in [1.29, 1.82) is 0 Å². The third-order valence-corrected chi connectivity index (χ3v) is 4.41. The topological polar surface area (TPSA) is 104 Å². The number of aliphatic imine (C=N–C) groups is 1. The van der Waals surface area contributed by atoms with Crippen LogP contribution in [0, 0.1) is 0 Å². The van der Waals surface area contributed by atoms with Crippen LogP contribution in [0.4, 0.5) is 0 Å². The Morgan fingerprint density at radius 2 is 1.93 bits per heavy atom. The van der Waals surface area contributed by atoms with Crippen molar-refractivity contribution in [3.05, 3.63) is 59.9 Å². The fourth-order valence-corrected chi connectivity index (χ4v) is 3.05. The molecule has 2 aromatic carbocycles. The van der Waals surface area contributed by atoms with Crippen LogP contribution in [-0.4, -0.2) is 44.3 Å². The summed E-state index contributed by atoms with van der Waals surface area (Å²) in [6.07, 6.45) is 1.64. The van der Waals surface area contributed by atoms with Crippen molar-refractivity contribution >= 4 is 16.9 Å². The molecule has 0 unspecified atom stereocenters. The van der Waals surface area contributed by atoms with E-state index in [1.165, 1.54) is 0 Å². The molecule has 8 nitrogen and oxygen atoms in total. The van der Waals surface area contributed by atoms with Crippen molar-refractivity contribution in [1.82, 2.24) is 30.7 Å². The Bertz CT molecular complexity index is 1100. The van der Waals surface area contributed by atoms with Crippen molar-refractivity contribution in [2.75, 3.05) is 13.1 Å². The highest BCUT2D eigenvalue weighted by molar-refractivity contribution is 6.02. The van der Waals surface area contributed by atoms with Crippen LogP contribution in [0.2, 0.25) is 0 Å². The molecule has 0 amide bonds. The van der Waals surface area contributed by atoms with E-state index >= 15 is 0 Å². The number of ether oxygens (including phenoxy) is 1. The highest BCUT2D eigenvalue weighted by atomic mass is 16.5. The van der Waals surface area contributed by atoms with E-state index in [4.69, 9.17) is 4.74 Å². The van der Waals surface area contributed by atoms with Gasteiger partial charge in [-0.05, 0) is 42.5 Å². The van der Waals surface area contributed by atoms with Gasteiger partial charge in [-0.2, -0.15) is 15.4 Å². The number of nitrogens with one attached hydrogen (secondary N) is 3. The summed E-state index contributed by atoms with van der Waals surface area (Å²) in [4.78, 5) is 12.6. The molecule has 134 valence electrons. The van der Waals surface area contributed by atoms with Crippen LogP contribution < -0.4 is 10.1 Å². The van der Waals surface area contributed by atoms with Crippen LogP contribution in [0.3, 0.4) is 0 Å². The molecule has 0 atom stereocenters. The monoisotopic (exact) mass is 359 g/mol. The predicted octanol–water partition coefficient (Wildman–Crippen LogP) is 2.28. The third kappa shape index (κ3) is 3.12. The Kier molecular flexibility index (Phi) is 3.78. The number of fused-ring (bicyclic) bond motifs is 1. The lowest BCUT2D eigenvalue weighted by Gasteiger charge is -2.04. The fourth-order valence-electron chi connectivity index (χ4n) is 3.05. The van der Waals surface area contributed by atoms with Gasteiger partial charge in [-0.3, -0.25) is 4.99 Å². The van der Waals surface area contributed by atoms with Crippen molar-refractivity contribution in [2.24, 2.45) is 4.99 Å². The molecule has 0 bridgehead atoms. The van der Waals surface area contributed by atoms with Gasteiger partial charge in [0, 0.05) is 17.7 Å². The number of hydrogen-bond acceptors (Lipinski definition) is 6. The Morgan fingerprint density at radius 1 is 1.04 bits per heavy atom. The number of imidazole rings is 1. The lowest BCUT2D eigenvalue weighted by Crippen LogP contribution is -2.19. The number of aromatic amines is 2. The van der Waals surface area contributed by atoms with E-state index < -0.39 is 0 Å². The van der Waals surface area contributed by atoms with Crippen molar-refractivity contribution in [2.45, 2.75) is 6.61 Å². The molecule has 0 fully saturated rings. The van der Waals surface area contributed by atoms with Gasteiger partial charge in [0.1, 0.15) is 29.7 Å². The third-order valence-electron chi connectivity index (χ3n) is 4.41. The zero-order valence-corrected chi connectivity index (χ0v) is 14.4. The molecule has 27 heavy (non-hydrogen) atoms. The van der Waals surface area contributed by atoms with Crippen molar-refractivity contribution in [3.8, 4) is 17.1 Å². The largest absolute Gasteiger partial charge is 0.487 e. The minimum absolute atomic E-state index is 0.376. The smallest absolute Gasteiger partial charge is 0.138 e. The van der Waals surface area contributed by atoms with Gasteiger partial charge in [0.15, 0.2) is 0 Å². The first-order chi connectivity index (χ1) is 13.3. The maximum Gasteiger partial charge on any atom is 0.138 e. The van der Waals surface area contributed by atoms with Gasteiger partial charge < -0.3 is 15.0 Å². The van der Waals surface area contributed by atoms with Gasteiger partial charge in [-0.1, -0.05) is 0 Å². The SMILES string of the molecule is c1cc(-c2nc3ccc(C4=NCCN4)cc3[nH]2)ccc1OCc1cn[nH]n1. The van der Waals surface area contributed by atoms with Crippen LogP contribution in [0.1, 0.15) is 11.3 Å². The van der Waals surface area contributed by atoms with Gasteiger partial charge in [-0.15, -0.1) is 0 Å². The number of H-pyrrole nitrogens is 2. The first kappa shape index (κ1) is 15.6. The molecule has 0 radical (unpaired) electrons. The molecule has 3 heterocycles. The summed E-state index contributed by atoms with van der Waals surface area (Å²) in [5.41, 5.74) is 4.75. The van der Waals surface area contributed by atoms with Crippen LogP contribution >= 0.6 is 0 Å². The Labute approximate surface area is 154 Å². The molecule has 1 aliphatic rings. The van der Waals surface area contributed by atoms with Crippen LogP contribution in [0.25, 0.3) is 22.4 Å². The second-order valence-corrected chi connectivity index (χ2v) is 6.25. The molecule has 0 spiro atoms. The molecule has 5 rings (SSSR count). The lowest BCUT2D eigenvalue weighted by atomic mass is 10.2. The Balaban J connectivity index is 1.36. The Morgan fingerprint density at radius 3 is 2.70 bits per heavy atom. The van der Waals surface area contributed by atoms with E-state index in [0.717, 1.165) is 58.4 Å². The molecule has 0 aliphatic carbocycles. The number of aromatic nitrogens is 5. The van der Waals surface area contributed by atoms with Crippen LogP contribution in [0.5, 0.6) is 5.75 Å². The van der Waals surface area contributed by atoms with Gasteiger partial charge in [-0.25, -0.2) is 4.98 Å². The standard InChI is InChI=1S/C19H17N7O/c1-4-15(27-11-14-10-22-26-25-14)5-2-12(1)19-23-16-6-3-13(9-17(16)24-19)18-20-7-8-21-18/h1-6,9-10H,7-8,11H2,(H,20,21)(H,23,24)(H,22,25,26). The van der Waals surface area contributed by atoms with E-state index in [0.29, 0.717) is 6.61 Å². The van der Waals surface area contributed by atoms with E-state index in [-0.39, 0.29) is 0 Å². The number of benzene rings is 2. The summed E-state index contributed by atoms with van der Waals surface area (Å²) >= 11 is 0. The minimum Gasteiger partial charge on any atom is -0.487 e. The number of rotatable bonds is 5. The normalized spacial score (nSPS) is 13.6. The molecular weight excluding hydrogens is 342 g/mol. The summed E-state index contributed by atoms with van der Waals surface area (Å²) in [7, 11) is 0. The average molecular weight is 359 g/mol. The number of amidine groups is 1. The first-order valence-electron chi connectivity index (χ1n) is 8.71. The number of hydrogen-bond donors (Lipinski definition) is 3. The van der Waals surface area contributed by atoms with Gasteiger partial charge in [0.25, 0.3) is 0 Å². The van der Waals surface area contributed by atoms with Gasteiger partial charge in [0.05, 0.1) is 23.8 Å². The zero-order valence-electron chi connectivity index (χ0n) is 14.4. The number of nitrogens with zero attached hydrogens (tertiary/aromatic N) is 4. The molecule has 4 aromatic rings. The maximum absolute atomic E-state index is 5.70. The van der Waals surface area contributed by atoms with Crippen molar-refractivity contribution < 1.29 is 4.74 Å². The summed E-state index contributed by atoms with van der Waals surface area (Å²) in [5, 5.41) is 13.6. The van der Waals surface area contributed by atoms with E-state index in [1.807, 2.05) is 36.4 Å². The summed E-state index contributed by atoms with van der Waals surface area (Å²) in [6, 6.07) is 14.0. The first-order valence-corrected chi connectivity index (χ1v) is 8.71. The molecule has 3 N–H and O–H groups in total. The van der Waals surface area contributed by atoms with Crippen LogP contribution in [-0.2, 0) is 6.61 Å². The molecule has 0 saturated heterocycles. The average Bonchev–Trinajstić information content (AvgIpc) is 3.47. The lowest BCUT2D eigenvalue weighted by molar-refractivity contribution is 0.301. The molecule has 2 aromatic heterocycles. The molecular formula is C19H17N7O. The molecule has 8 heteroatoms. The predicted molar refractivity (Wildman–Crippen MR) is 102 cm³/mol. The second kappa shape index (κ2) is 6.56. The van der Waals surface area contributed by atoms with Crippen molar-refractivity contribution in [3.63, 3.8) is 0 Å². The minimum atomic E-state index is 0.376. The van der Waals surface area contributed by atoms with E-state index in [1.54, 1.807) is 6.20 Å². The quantitative estimate of drug-likeness (QED) is 0.507. The second-order valence-electron chi connectivity index (χ2n) is 6.25. The van der Waals surface area contributed by atoms with E-state index in [2.05, 4.69) is 41.8 Å². The maximum atomic E-state index is 5.70. The summed E-state index contributed by atoms with van der Waals surface area (Å²) < 4.78 is 5.70. The van der Waals surface area contributed by atoms with Crippen LogP contribution in [0.15, 0.2) is 53.7 Å².